The van der Waals surface area contributed by atoms with Gasteiger partial charge in [-0.2, -0.15) is 0 Å². The lowest BCUT2D eigenvalue weighted by atomic mass is 9.80. The van der Waals surface area contributed by atoms with Crippen LogP contribution in [-0.2, 0) is 4.79 Å². The molecule has 1 aliphatic carbocycles. The summed E-state index contributed by atoms with van der Waals surface area (Å²) in [4.78, 5) is 12.5. The molecule has 3 rings (SSSR count). The van der Waals surface area contributed by atoms with Crippen molar-refractivity contribution in [3.63, 3.8) is 0 Å². The number of hydrogen-bond acceptors (Lipinski definition) is 3. The summed E-state index contributed by atoms with van der Waals surface area (Å²) in [5.41, 5.74) is 2.14. The average molecular weight is 388 g/mol. The van der Waals surface area contributed by atoms with E-state index in [0.717, 1.165) is 40.7 Å². The lowest BCUT2D eigenvalue weighted by molar-refractivity contribution is -0.125. The summed E-state index contributed by atoms with van der Waals surface area (Å²) in [6.07, 6.45) is 3.76. The number of nitrogens with one attached hydrogen (secondary N) is 1. The second-order valence-corrected chi connectivity index (χ2v) is 7.14. The van der Waals surface area contributed by atoms with Crippen LogP contribution in [0.15, 0.2) is 53.0 Å². The van der Waals surface area contributed by atoms with Crippen LogP contribution >= 0.6 is 15.9 Å². The van der Waals surface area contributed by atoms with E-state index in [0.29, 0.717) is 12.2 Å². The first-order chi connectivity index (χ1) is 11.7. The molecule has 1 saturated carbocycles. The molecule has 0 aliphatic heterocycles. The highest BCUT2D eigenvalue weighted by molar-refractivity contribution is 9.10. The zero-order valence-corrected chi connectivity index (χ0v) is 15.4. The third-order valence-electron chi connectivity index (χ3n) is 4.63. The molecule has 0 bridgehead atoms. The largest absolute Gasteiger partial charge is 0.497 e. The average Bonchev–Trinajstić information content (AvgIpc) is 2.61. The van der Waals surface area contributed by atoms with Gasteiger partial charge in [0.2, 0.25) is 0 Å². The summed E-state index contributed by atoms with van der Waals surface area (Å²) in [7, 11) is 1.66. The molecule has 126 valence electrons. The zero-order chi connectivity index (χ0) is 16.9. The Labute approximate surface area is 151 Å². The molecular weight excluding hydrogens is 366 g/mol. The first-order valence-electron chi connectivity index (χ1n) is 8.36. The minimum atomic E-state index is -0.0157. The minimum Gasteiger partial charge on any atom is -0.497 e. The third kappa shape index (κ3) is 3.99. The number of anilines is 1. The van der Waals surface area contributed by atoms with E-state index in [-0.39, 0.29) is 12.0 Å². The zero-order valence-electron chi connectivity index (χ0n) is 13.8. The standard InChI is InChI=1S/C20H22BrNO2/c1-24-17-11-9-14(10-12-17)20(18-7-2-3-8-19(18)23)22-16-6-4-5-15(21)13-16/h4-6,9-13,18,20,22H,2-3,7-8H2,1H3/t18-,20+/m1/s1. The van der Waals surface area contributed by atoms with Gasteiger partial charge in [-0.05, 0) is 48.7 Å². The second-order valence-electron chi connectivity index (χ2n) is 6.22. The van der Waals surface area contributed by atoms with E-state index >= 15 is 0 Å². The lowest BCUT2D eigenvalue weighted by Crippen LogP contribution is -2.30. The summed E-state index contributed by atoms with van der Waals surface area (Å²) in [6.45, 7) is 0. The number of methoxy groups -OCH3 is 1. The first-order valence-corrected chi connectivity index (χ1v) is 9.15. The van der Waals surface area contributed by atoms with Gasteiger partial charge in [0.25, 0.3) is 0 Å². The predicted molar refractivity (Wildman–Crippen MR) is 100 cm³/mol. The van der Waals surface area contributed by atoms with Crippen molar-refractivity contribution in [2.45, 2.75) is 31.7 Å². The van der Waals surface area contributed by atoms with Crippen molar-refractivity contribution in [3.8, 4) is 5.75 Å². The SMILES string of the molecule is COc1ccc([C@H](Nc2cccc(Br)c2)[C@@H]2CCCCC2=O)cc1. The molecular formula is C20H22BrNO2. The van der Waals surface area contributed by atoms with Crippen molar-refractivity contribution in [1.82, 2.24) is 0 Å². The molecule has 0 saturated heterocycles. The highest BCUT2D eigenvalue weighted by Crippen LogP contribution is 2.35. The molecule has 2 aromatic carbocycles. The van der Waals surface area contributed by atoms with Gasteiger partial charge in [0.1, 0.15) is 11.5 Å². The van der Waals surface area contributed by atoms with Gasteiger partial charge in [0, 0.05) is 22.5 Å². The van der Waals surface area contributed by atoms with E-state index < -0.39 is 0 Å². The fourth-order valence-corrected chi connectivity index (χ4v) is 3.75. The van der Waals surface area contributed by atoms with Crippen molar-refractivity contribution in [2.75, 3.05) is 12.4 Å². The van der Waals surface area contributed by atoms with Crippen LogP contribution in [-0.4, -0.2) is 12.9 Å². The van der Waals surface area contributed by atoms with Crippen molar-refractivity contribution in [1.29, 1.82) is 0 Å². The van der Waals surface area contributed by atoms with Gasteiger partial charge in [-0.3, -0.25) is 4.79 Å². The molecule has 0 spiro atoms. The number of carbonyl (C=O) groups excluding carboxylic acids is 1. The van der Waals surface area contributed by atoms with Gasteiger partial charge < -0.3 is 10.1 Å². The molecule has 0 unspecified atom stereocenters. The number of carbonyl (C=O) groups is 1. The fourth-order valence-electron chi connectivity index (χ4n) is 3.35. The van der Waals surface area contributed by atoms with Crippen LogP contribution in [0.1, 0.15) is 37.3 Å². The quantitative estimate of drug-likeness (QED) is 0.748. The van der Waals surface area contributed by atoms with Gasteiger partial charge in [-0.1, -0.05) is 40.5 Å². The molecule has 24 heavy (non-hydrogen) atoms. The maximum absolute atomic E-state index is 12.5. The monoisotopic (exact) mass is 387 g/mol. The topological polar surface area (TPSA) is 38.3 Å². The number of ketones is 1. The van der Waals surface area contributed by atoms with Gasteiger partial charge in [0.15, 0.2) is 0 Å². The Morgan fingerprint density at radius 3 is 2.62 bits per heavy atom. The highest BCUT2D eigenvalue weighted by Gasteiger charge is 2.31. The summed E-state index contributed by atoms with van der Waals surface area (Å²) in [5.74, 6) is 1.21. The van der Waals surface area contributed by atoms with Crippen molar-refractivity contribution >= 4 is 27.4 Å². The van der Waals surface area contributed by atoms with Crippen molar-refractivity contribution < 1.29 is 9.53 Å². The van der Waals surface area contributed by atoms with Crippen LogP contribution in [0.2, 0.25) is 0 Å². The molecule has 0 aromatic heterocycles. The Hall–Kier alpha value is -1.81. The molecule has 2 atom stereocenters. The van der Waals surface area contributed by atoms with E-state index in [9.17, 15) is 4.79 Å². The smallest absolute Gasteiger partial charge is 0.138 e. The number of halogens is 1. The van der Waals surface area contributed by atoms with Gasteiger partial charge in [-0.15, -0.1) is 0 Å². The predicted octanol–water partition coefficient (Wildman–Crippen LogP) is 5.37. The van der Waals surface area contributed by atoms with Crippen LogP contribution in [0.3, 0.4) is 0 Å². The molecule has 0 heterocycles. The number of rotatable bonds is 5. The molecule has 0 radical (unpaired) electrons. The Balaban J connectivity index is 1.91. The Morgan fingerprint density at radius 1 is 1.17 bits per heavy atom. The minimum absolute atomic E-state index is 0.0157. The maximum atomic E-state index is 12.5. The Kier molecular flexibility index (Phi) is 5.56. The summed E-state index contributed by atoms with van der Waals surface area (Å²) in [5, 5.41) is 3.58. The number of Topliss-reactive ketones (excluding diaryl/α,β-unsaturated/α-hetero) is 1. The Morgan fingerprint density at radius 2 is 1.96 bits per heavy atom. The molecule has 1 aliphatic rings. The Bertz CT molecular complexity index is 699. The van der Waals surface area contributed by atoms with Crippen LogP contribution < -0.4 is 10.1 Å². The fraction of sp³-hybridized carbons (Fsp3) is 0.350. The number of ether oxygens (including phenoxy) is 1. The van der Waals surface area contributed by atoms with Crippen LogP contribution in [0, 0.1) is 5.92 Å². The van der Waals surface area contributed by atoms with E-state index in [1.54, 1.807) is 7.11 Å². The molecule has 1 N–H and O–H groups in total. The van der Waals surface area contributed by atoms with Crippen LogP contribution in [0.5, 0.6) is 5.75 Å². The second kappa shape index (κ2) is 7.84. The van der Waals surface area contributed by atoms with Crippen LogP contribution in [0.4, 0.5) is 5.69 Å². The normalized spacial score (nSPS) is 18.9. The van der Waals surface area contributed by atoms with Gasteiger partial charge >= 0.3 is 0 Å². The van der Waals surface area contributed by atoms with E-state index in [1.165, 1.54) is 0 Å². The molecule has 0 amide bonds. The molecule has 2 aromatic rings. The first kappa shape index (κ1) is 17.0. The van der Waals surface area contributed by atoms with Crippen molar-refractivity contribution in [3.05, 3.63) is 58.6 Å². The summed E-state index contributed by atoms with van der Waals surface area (Å²) in [6, 6.07) is 16.1. The lowest BCUT2D eigenvalue weighted by Gasteiger charge is -2.31. The van der Waals surface area contributed by atoms with Gasteiger partial charge in [-0.25, -0.2) is 0 Å². The molecule has 3 nitrogen and oxygen atoms in total. The number of benzene rings is 2. The summed E-state index contributed by atoms with van der Waals surface area (Å²) < 4.78 is 6.28. The maximum Gasteiger partial charge on any atom is 0.138 e. The molecule has 4 heteroatoms. The number of hydrogen-bond donors (Lipinski definition) is 1. The van der Waals surface area contributed by atoms with Crippen molar-refractivity contribution in [2.24, 2.45) is 5.92 Å². The third-order valence-corrected chi connectivity index (χ3v) is 5.12. The molecule has 1 fully saturated rings. The van der Waals surface area contributed by atoms with E-state index in [4.69, 9.17) is 4.74 Å². The highest BCUT2D eigenvalue weighted by atomic mass is 79.9. The summed E-state index contributed by atoms with van der Waals surface area (Å²) >= 11 is 3.51. The van der Waals surface area contributed by atoms with Crippen LogP contribution in [0.25, 0.3) is 0 Å². The van der Waals surface area contributed by atoms with Gasteiger partial charge in [0.05, 0.1) is 13.2 Å². The van der Waals surface area contributed by atoms with E-state index in [2.05, 4.69) is 33.4 Å². The van der Waals surface area contributed by atoms with E-state index in [1.807, 2.05) is 36.4 Å².